The van der Waals surface area contributed by atoms with Crippen LogP contribution in [0.3, 0.4) is 0 Å². The number of carbonyl (C=O) groups excluding carboxylic acids is 1. The van der Waals surface area contributed by atoms with Crippen LogP contribution in [-0.2, 0) is 14.8 Å². The predicted molar refractivity (Wildman–Crippen MR) is 133 cm³/mol. The number of nitrogens with zero attached hydrogens (tertiary/aromatic N) is 2. The first-order valence-corrected chi connectivity index (χ1v) is 13.2. The van der Waals surface area contributed by atoms with Crippen LogP contribution in [0.5, 0.6) is 0 Å². The second-order valence-corrected chi connectivity index (χ2v) is 11.2. The van der Waals surface area contributed by atoms with Gasteiger partial charge in [-0.2, -0.15) is 0 Å². The lowest BCUT2D eigenvalue weighted by molar-refractivity contribution is -0.116. The standard InChI is InChI=1S/C22H26ClN3O4S2/c1-14(2)26-19-11-10-16(13-20(19)31-22(26)28)24-21(27)9-6-12-25(32(4,29)30)18-8-5-7-17(23)15(18)3/h5,7-8,10-11,13-14H,6,9,12H2,1-4H3,(H,24,27). The fourth-order valence-corrected chi connectivity index (χ4v) is 5.78. The average Bonchev–Trinajstić information content (AvgIpc) is 3.02. The van der Waals surface area contributed by atoms with Gasteiger partial charge in [0.1, 0.15) is 0 Å². The molecule has 3 rings (SSSR count). The van der Waals surface area contributed by atoms with Crippen LogP contribution in [0.25, 0.3) is 10.2 Å². The number of thiazole rings is 1. The van der Waals surface area contributed by atoms with Gasteiger partial charge in [-0.15, -0.1) is 0 Å². The molecule has 0 spiro atoms. The Bertz CT molecular complexity index is 1310. The van der Waals surface area contributed by atoms with Gasteiger partial charge in [-0.25, -0.2) is 8.42 Å². The molecule has 10 heteroatoms. The highest BCUT2D eigenvalue weighted by Crippen LogP contribution is 2.28. The summed E-state index contributed by atoms with van der Waals surface area (Å²) >= 11 is 7.29. The molecule has 1 N–H and O–H groups in total. The van der Waals surface area contributed by atoms with E-state index in [0.717, 1.165) is 27.8 Å². The average molecular weight is 496 g/mol. The molecule has 0 bridgehead atoms. The highest BCUT2D eigenvalue weighted by Gasteiger charge is 2.20. The van der Waals surface area contributed by atoms with E-state index < -0.39 is 10.0 Å². The van der Waals surface area contributed by atoms with Crippen LogP contribution in [0.4, 0.5) is 11.4 Å². The molecule has 0 aliphatic heterocycles. The lowest BCUT2D eigenvalue weighted by Gasteiger charge is -2.24. The van der Waals surface area contributed by atoms with E-state index >= 15 is 0 Å². The van der Waals surface area contributed by atoms with Crippen molar-refractivity contribution in [3.8, 4) is 0 Å². The van der Waals surface area contributed by atoms with E-state index in [1.165, 1.54) is 4.31 Å². The normalized spacial score (nSPS) is 11.8. The SMILES string of the molecule is Cc1c(Cl)cccc1N(CCCC(=O)Nc1ccc2c(c1)sc(=O)n2C(C)C)S(C)(=O)=O. The van der Waals surface area contributed by atoms with Crippen molar-refractivity contribution in [3.05, 3.63) is 56.7 Å². The largest absolute Gasteiger partial charge is 0.326 e. The van der Waals surface area contributed by atoms with Crippen LogP contribution in [-0.4, -0.2) is 31.7 Å². The third kappa shape index (κ3) is 5.33. The maximum absolute atomic E-state index is 12.5. The number of anilines is 2. The lowest BCUT2D eigenvalue weighted by Crippen LogP contribution is -2.32. The van der Waals surface area contributed by atoms with Crippen molar-refractivity contribution < 1.29 is 13.2 Å². The van der Waals surface area contributed by atoms with Crippen LogP contribution in [0.2, 0.25) is 5.02 Å². The van der Waals surface area contributed by atoms with Crippen molar-refractivity contribution in [3.63, 3.8) is 0 Å². The third-order valence-corrected chi connectivity index (χ3v) is 7.59. The molecular weight excluding hydrogens is 470 g/mol. The number of hydrogen-bond acceptors (Lipinski definition) is 5. The van der Waals surface area contributed by atoms with Crippen molar-refractivity contribution in [2.45, 2.75) is 39.7 Å². The smallest absolute Gasteiger partial charge is 0.308 e. The van der Waals surface area contributed by atoms with E-state index in [1.54, 1.807) is 41.8 Å². The van der Waals surface area contributed by atoms with E-state index in [-0.39, 0.29) is 29.8 Å². The second-order valence-electron chi connectivity index (χ2n) is 7.89. The Morgan fingerprint density at radius 1 is 1.25 bits per heavy atom. The maximum atomic E-state index is 12.5. The summed E-state index contributed by atoms with van der Waals surface area (Å²) in [5.74, 6) is -0.226. The summed E-state index contributed by atoms with van der Waals surface area (Å²) in [5.41, 5.74) is 2.62. The summed E-state index contributed by atoms with van der Waals surface area (Å²) in [7, 11) is -3.53. The highest BCUT2D eigenvalue weighted by atomic mass is 35.5. The molecule has 32 heavy (non-hydrogen) atoms. The first-order valence-electron chi connectivity index (χ1n) is 10.2. The molecule has 0 aliphatic rings. The summed E-state index contributed by atoms with van der Waals surface area (Å²) in [5, 5.41) is 3.32. The van der Waals surface area contributed by atoms with Gasteiger partial charge in [-0.3, -0.25) is 18.5 Å². The van der Waals surface area contributed by atoms with Gasteiger partial charge >= 0.3 is 4.87 Å². The van der Waals surface area contributed by atoms with Crippen LogP contribution >= 0.6 is 22.9 Å². The van der Waals surface area contributed by atoms with Crippen LogP contribution < -0.4 is 14.5 Å². The van der Waals surface area contributed by atoms with Gasteiger partial charge in [0.05, 0.1) is 22.2 Å². The number of halogens is 1. The van der Waals surface area contributed by atoms with Crippen LogP contribution in [0.1, 0.15) is 38.3 Å². The van der Waals surface area contributed by atoms with Crippen molar-refractivity contribution >= 4 is 60.5 Å². The summed E-state index contributed by atoms with van der Waals surface area (Å²) in [6.07, 6.45) is 1.62. The van der Waals surface area contributed by atoms with Crippen molar-refractivity contribution in [1.82, 2.24) is 4.57 Å². The zero-order chi connectivity index (χ0) is 23.6. The maximum Gasteiger partial charge on any atom is 0.308 e. The molecule has 1 amide bonds. The van der Waals surface area contributed by atoms with E-state index in [9.17, 15) is 18.0 Å². The minimum Gasteiger partial charge on any atom is -0.326 e. The topological polar surface area (TPSA) is 88.5 Å². The molecular formula is C22H26ClN3O4S2. The summed E-state index contributed by atoms with van der Waals surface area (Å²) in [4.78, 5) is 24.6. The highest BCUT2D eigenvalue weighted by molar-refractivity contribution is 7.92. The predicted octanol–water partition coefficient (Wildman–Crippen LogP) is 4.79. The number of nitrogens with one attached hydrogen (secondary N) is 1. The van der Waals surface area contributed by atoms with Gasteiger partial charge < -0.3 is 5.32 Å². The van der Waals surface area contributed by atoms with Gasteiger partial charge in [-0.1, -0.05) is 29.0 Å². The Balaban J connectivity index is 1.67. The first kappa shape index (κ1) is 24.3. The molecule has 1 aromatic heterocycles. The van der Waals surface area contributed by atoms with E-state index in [0.29, 0.717) is 28.4 Å². The van der Waals surface area contributed by atoms with Gasteiger partial charge in [0.2, 0.25) is 15.9 Å². The molecule has 0 unspecified atom stereocenters. The van der Waals surface area contributed by atoms with E-state index in [1.807, 2.05) is 19.9 Å². The summed E-state index contributed by atoms with van der Waals surface area (Å²) in [6, 6.07) is 10.5. The molecule has 0 atom stereocenters. The Morgan fingerprint density at radius 2 is 1.97 bits per heavy atom. The molecule has 172 valence electrons. The molecule has 0 saturated heterocycles. The number of benzene rings is 2. The van der Waals surface area contributed by atoms with Crippen molar-refractivity contribution in [2.75, 3.05) is 22.4 Å². The van der Waals surface area contributed by atoms with E-state index in [4.69, 9.17) is 11.6 Å². The van der Waals surface area contributed by atoms with Gasteiger partial charge in [0.15, 0.2) is 0 Å². The van der Waals surface area contributed by atoms with Crippen LogP contribution in [0, 0.1) is 6.92 Å². The Morgan fingerprint density at radius 3 is 2.62 bits per heavy atom. The number of hydrogen-bond donors (Lipinski definition) is 1. The minimum absolute atomic E-state index is 0.0318. The Kier molecular flexibility index (Phi) is 7.32. The lowest BCUT2D eigenvalue weighted by atomic mass is 10.2. The fraction of sp³-hybridized carbons (Fsp3) is 0.364. The van der Waals surface area contributed by atoms with Crippen molar-refractivity contribution in [1.29, 1.82) is 0 Å². The van der Waals surface area contributed by atoms with Crippen molar-refractivity contribution in [2.24, 2.45) is 0 Å². The molecule has 2 aromatic carbocycles. The molecule has 0 aliphatic carbocycles. The molecule has 3 aromatic rings. The zero-order valence-corrected chi connectivity index (χ0v) is 20.8. The molecule has 0 radical (unpaired) electrons. The fourth-order valence-electron chi connectivity index (χ4n) is 3.54. The molecule has 1 heterocycles. The monoisotopic (exact) mass is 495 g/mol. The van der Waals surface area contributed by atoms with Gasteiger partial charge in [0.25, 0.3) is 0 Å². The number of amides is 1. The zero-order valence-electron chi connectivity index (χ0n) is 18.4. The number of carbonyl (C=O) groups is 1. The quantitative estimate of drug-likeness (QED) is 0.486. The van der Waals surface area contributed by atoms with Crippen LogP contribution in [0.15, 0.2) is 41.2 Å². The Labute approximate surface area is 196 Å². The summed E-state index contributed by atoms with van der Waals surface area (Å²) < 4.78 is 28.4. The summed E-state index contributed by atoms with van der Waals surface area (Å²) in [6.45, 7) is 5.83. The molecule has 0 saturated carbocycles. The van der Waals surface area contributed by atoms with E-state index in [2.05, 4.69) is 5.32 Å². The number of aromatic nitrogens is 1. The number of rotatable bonds is 8. The first-order chi connectivity index (χ1) is 15.0. The second kappa shape index (κ2) is 9.64. The molecule has 7 nitrogen and oxygen atoms in total. The number of fused-ring (bicyclic) bond motifs is 1. The number of sulfonamides is 1. The van der Waals surface area contributed by atoms with Gasteiger partial charge in [-0.05, 0) is 63.1 Å². The Hall–Kier alpha value is -2.36. The van der Waals surface area contributed by atoms with Gasteiger partial charge in [0, 0.05) is 29.7 Å². The third-order valence-electron chi connectivity index (χ3n) is 5.09. The molecule has 0 fully saturated rings. The minimum atomic E-state index is -3.53.